The maximum atomic E-state index is 12.8. The summed E-state index contributed by atoms with van der Waals surface area (Å²) in [5, 5.41) is 4.39. The Morgan fingerprint density at radius 1 is 1.21 bits per heavy atom. The highest BCUT2D eigenvalue weighted by Crippen LogP contribution is 2.33. The van der Waals surface area contributed by atoms with Crippen molar-refractivity contribution in [3.05, 3.63) is 64.3 Å². The van der Waals surface area contributed by atoms with Crippen LogP contribution in [-0.2, 0) is 4.79 Å². The van der Waals surface area contributed by atoms with E-state index in [0.29, 0.717) is 5.92 Å². The second kappa shape index (κ2) is 8.10. The summed E-state index contributed by atoms with van der Waals surface area (Å²) in [7, 11) is 0. The maximum Gasteiger partial charge on any atom is 0.241 e. The first-order chi connectivity index (χ1) is 13.5. The fraction of sp³-hybridized carbons (Fsp3) is 0.348. The molecule has 1 aliphatic heterocycles. The smallest absolute Gasteiger partial charge is 0.241 e. The summed E-state index contributed by atoms with van der Waals surface area (Å²) in [6.07, 6.45) is 4.32. The number of rotatable bonds is 4. The van der Waals surface area contributed by atoms with Gasteiger partial charge < -0.3 is 10.3 Å². The Bertz CT molecular complexity index is 988. The predicted octanol–water partition coefficient (Wildman–Crippen LogP) is 5.45. The van der Waals surface area contributed by atoms with Gasteiger partial charge in [-0.05, 0) is 91.0 Å². The van der Waals surface area contributed by atoms with Crippen LogP contribution in [0.4, 0.5) is 5.69 Å². The first-order valence-electron chi connectivity index (χ1n) is 9.90. The Morgan fingerprint density at radius 2 is 1.96 bits per heavy atom. The molecule has 0 bridgehead atoms. The standard InChI is InChI=1S/C23H26BrN3O/c1-15-7-8-22(20(24)13-15)26-23(28)16(2)27-11-9-17(10-12-27)19-14-25-21-6-4-3-5-18(19)21/h3-8,13-14,16-17,25H,9-12H2,1-2H3,(H,26,28). The number of hydrogen-bond donors (Lipinski definition) is 2. The number of para-hydroxylation sites is 1. The zero-order valence-electron chi connectivity index (χ0n) is 16.3. The molecule has 1 unspecified atom stereocenters. The third kappa shape index (κ3) is 3.87. The van der Waals surface area contributed by atoms with Crippen molar-refractivity contribution < 1.29 is 4.79 Å². The van der Waals surface area contributed by atoms with Crippen LogP contribution in [0.25, 0.3) is 10.9 Å². The number of carbonyl (C=O) groups is 1. The molecule has 0 spiro atoms. The van der Waals surface area contributed by atoms with Gasteiger partial charge in [-0.2, -0.15) is 0 Å². The van der Waals surface area contributed by atoms with Crippen molar-refractivity contribution in [1.82, 2.24) is 9.88 Å². The minimum Gasteiger partial charge on any atom is -0.361 e. The van der Waals surface area contributed by atoms with Gasteiger partial charge in [-0.3, -0.25) is 9.69 Å². The molecule has 0 saturated carbocycles. The van der Waals surface area contributed by atoms with Crippen molar-refractivity contribution >= 4 is 38.4 Å². The van der Waals surface area contributed by atoms with Crippen LogP contribution in [0.3, 0.4) is 0 Å². The number of benzene rings is 2. The Kier molecular flexibility index (Phi) is 5.56. The lowest BCUT2D eigenvalue weighted by Gasteiger charge is -2.35. The topological polar surface area (TPSA) is 48.1 Å². The molecular weight excluding hydrogens is 414 g/mol. The summed E-state index contributed by atoms with van der Waals surface area (Å²) in [5.41, 5.74) is 4.61. The Balaban J connectivity index is 1.38. The first-order valence-corrected chi connectivity index (χ1v) is 10.7. The van der Waals surface area contributed by atoms with E-state index in [1.165, 1.54) is 16.5 Å². The first kappa shape index (κ1) is 19.2. The molecule has 4 rings (SSSR count). The molecule has 4 nitrogen and oxygen atoms in total. The lowest BCUT2D eigenvalue weighted by Crippen LogP contribution is -2.45. The number of fused-ring (bicyclic) bond motifs is 1. The number of aromatic nitrogens is 1. The molecule has 1 atom stereocenters. The lowest BCUT2D eigenvalue weighted by atomic mass is 9.88. The van der Waals surface area contributed by atoms with Gasteiger partial charge in [0.1, 0.15) is 0 Å². The molecule has 5 heteroatoms. The number of carbonyl (C=O) groups excluding carboxylic acids is 1. The SMILES string of the molecule is Cc1ccc(NC(=O)C(C)N2CCC(c3c[nH]c4ccccc34)CC2)c(Br)c1. The molecule has 0 radical (unpaired) electrons. The second-order valence-electron chi connectivity index (χ2n) is 7.75. The van der Waals surface area contributed by atoms with E-state index in [-0.39, 0.29) is 11.9 Å². The third-order valence-electron chi connectivity index (χ3n) is 5.90. The fourth-order valence-corrected chi connectivity index (χ4v) is 4.75. The van der Waals surface area contributed by atoms with Crippen LogP contribution in [-0.4, -0.2) is 34.9 Å². The highest BCUT2D eigenvalue weighted by molar-refractivity contribution is 9.10. The van der Waals surface area contributed by atoms with Gasteiger partial charge in [-0.25, -0.2) is 0 Å². The quantitative estimate of drug-likeness (QED) is 0.567. The summed E-state index contributed by atoms with van der Waals surface area (Å²) < 4.78 is 0.922. The number of hydrogen-bond acceptors (Lipinski definition) is 2. The number of anilines is 1. The fourth-order valence-electron chi connectivity index (χ4n) is 4.15. The molecule has 2 aromatic carbocycles. The van der Waals surface area contributed by atoms with E-state index in [0.717, 1.165) is 41.7 Å². The van der Waals surface area contributed by atoms with Crippen molar-refractivity contribution in [2.45, 2.75) is 38.6 Å². The predicted molar refractivity (Wildman–Crippen MR) is 119 cm³/mol. The molecule has 146 valence electrons. The minimum atomic E-state index is -0.142. The van der Waals surface area contributed by atoms with E-state index >= 15 is 0 Å². The van der Waals surface area contributed by atoms with E-state index in [1.807, 2.05) is 32.0 Å². The highest BCUT2D eigenvalue weighted by atomic mass is 79.9. The number of H-pyrrole nitrogens is 1. The van der Waals surface area contributed by atoms with Crippen LogP contribution in [0, 0.1) is 6.92 Å². The number of amides is 1. The van der Waals surface area contributed by atoms with Crippen LogP contribution in [0.15, 0.2) is 53.1 Å². The van der Waals surface area contributed by atoms with E-state index in [9.17, 15) is 4.79 Å². The summed E-state index contributed by atoms with van der Waals surface area (Å²) >= 11 is 3.54. The van der Waals surface area contributed by atoms with Gasteiger partial charge >= 0.3 is 0 Å². The molecule has 1 amide bonds. The van der Waals surface area contributed by atoms with Crippen LogP contribution < -0.4 is 5.32 Å². The van der Waals surface area contributed by atoms with Gasteiger partial charge in [0.15, 0.2) is 0 Å². The molecule has 2 N–H and O–H groups in total. The lowest BCUT2D eigenvalue weighted by molar-refractivity contribution is -0.121. The van der Waals surface area contributed by atoms with Gasteiger partial charge in [0.25, 0.3) is 0 Å². The molecule has 28 heavy (non-hydrogen) atoms. The van der Waals surface area contributed by atoms with Crippen molar-refractivity contribution in [1.29, 1.82) is 0 Å². The second-order valence-corrected chi connectivity index (χ2v) is 8.60. The molecule has 0 aliphatic carbocycles. The zero-order chi connectivity index (χ0) is 19.7. The van der Waals surface area contributed by atoms with Crippen LogP contribution in [0.1, 0.15) is 36.8 Å². The van der Waals surface area contributed by atoms with Crippen LogP contribution in [0.5, 0.6) is 0 Å². The maximum absolute atomic E-state index is 12.8. The summed E-state index contributed by atoms with van der Waals surface area (Å²) in [6.45, 7) is 5.92. The molecule has 1 aliphatic rings. The molecule has 1 aromatic heterocycles. The van der Waals surface area contributed by atoms with E-state index < -0.39 is 0 Å². The van der Waals surface area contributed by atoms with Gasteiger partial charge in [0.2, 0.25) is 5.91 Å². The average Bonchev–Trinajstić information content (AvgIpc) is 3.14. The van der Waals surface area contributed by atoms with Gasteiger partial charge in [-0.15, -0.1) is 0 Å². The minimum absolute atomic E-state index is 0.0510. The molecular formula is C23H26BrN3O. The molecule has 3 aromatic rings. The van der Waals surface area contributed by atoms with E-state index in [2.05, 4.69) is 61.6 Å². The number of aromatic amines is 1. The average molecular weight is 440 g/mol. The molecule has 2 heterocycles. The third-order valence-corrected chi connectivity index (χ3v) is 6.56. The van der Waals surface area contributed by atoms with Crippen LogP contribution in [0.2, 0.25) is 0 Å². The van der Waals surface area contributed by atoms with E-state index in [4.69, 9.17) is 0 Å². The number of nitrogens with one attached hydrogen (secondary N) is 2. The number of aryl methyl sites for hydroxylation is 1. The largest absolute Gasteiger partial charge is 0.361 e. The Hall–Kier alpha value is -2.11. The van der Waals surface area contributed by atoms with Crippen molar-refractivity contribution in [3.63, 3.8) is 0 Å². The Morgan fingerprint density at radius 3 is 2.71 bits per heavy atom. The number of nitrogens with zero attached hydrogens (tertiary/aromatic N) is 1. The molecule has 1 fully saturated rings. The summed E-state index contributed by atoms with van der Waals surface area (Å²) in [4.78, 5) is 18.4. The Labute approximate surface area is 174 Å². The van der Waals surface area contributed by atoms with Gasteiger partial charge in [0, 0.05) is 21.6 Å². The summed E-state index contributed by atoms with van der Waals surface area (Å²) in [5.74, 6) is 0.601. The highest BCUT2D eigenvalue weighted by Gasteiger charge is 2.28. The number of halogens is 1. The summed E-state index contributed by atoms with van der Waals surface area (Å²) in [6, 6.07) is 14.3. The van der Waals surface area contributed by atoms with Crippen molar-refractivity contribution in [2.24, 2.45) is 0 Å². The van der Waals surface area contributed by atoms with Gasteiger partial charge in [0.05, 0.1) is 11.7 Å². The van der Waals surface area contributed by atoms with E-state index in [1.54, 1.807) is 0 Å². The van der Waals surface area contributed by atoms with Crippen molar-refractivity contribution in [2.75, 3.05) is 18.4 Å². The van der Waals surface area contributed by atoms with Crippen molar-refractivity contribution in [3.8, 4) is 0 Å². The number of likely N-dealkylation sites (tertiary alicyclic amines) is 1. The number of piperidine rings is 1. The monoisotopic (exact) mass is 439 g/mol. The van der Waals surface area contributed by atoms with Gasteiger partial charge in [-0.1, -0.05) is 24.3 Å². The normalized spacial score (nSPS) is 17.0. The zero-order valence-corrected chi connectivity index (χ0v) is 17.9. The van der Waals surface area contributed by atoms with Crippen LogP contribution >= 0.6 is 15.9 Å². The molecule has 1 saturated heterocycles.